The maximum Gasteiger partial charge on any atom is 0.160 e. The lowest BCUT2D eigenvalue weighted by atomic mass is 10.2. The summed E-state index contributed by atoms with van der Waals surface area (Å²) in [5.74, 6) is 0.412. The molecule has 0 aliphatic heterocycles. The number of rotatable bonds is 3. The van der Waals surface area contributed by atoms with Gasteiger partial charge in [0.05, 0.1) is 0 Å². The SMILES string of the molecule is OC(/C=C/c1ccccc1)c1ncccn1. The first-order chi connectivity index (χ1) is 7.86. The number of aliphatic hydroxyl groups excluding tert-OH is 1. The predicted molar refractivity (Wildman–Crippen MR) is 62.5 cm³/mol. The van der Waals surface area contributed by atoms with E-state index in [1.807, 2.05) is 36.4 Å². The number of benzene rings is 1. The monoisotopic (exact) mass is 212 g/mol. The first-order valence-corrected chi connectivity index (χ1v) is 5.04. The Balaban J connectivity index is 2.08. The summed E-state index contributed by atoms with van der Waals surface area (Å²) in [6.45, 7) is 0. The lowest BCUT2D eigenvalue weighted by molar-refractivity contribution is 0.219. The van der Waals surface area contributed by atoms with Gasteiger partial charge in [0, 0.05) is 12.4 Å². The molecule has 0 aliphatic rings. The van der Waals surface area contributed by atoms with E-state index < -0.39 is 6.10 Å². The molecule has 0 bridgehead atoms. The Kier molecular flexibility index (Phi) is 3.41. The molecule has 0 amide bonds. The molecule has 2 rings (SSSR count). The summed E-state index contributed by atoms with van der Waals surface area (Å²) in [7, 11) is 0. The number of aromatic nitrogens is 2. The largest absolute Gasteiger partial charge is 0.381 e. The molecule has 2 aromatic rings. The van der Waals surface area contributed by atoms with Crippen molar-refractivity contribution in [2.24, 2.45) is 0 Å². The van der Waals surface area contributed by atoms with Crippen LogP contribution in [0.2, 0.25) is 0 Å². The van der Waals surface area contributed by atoms with Crippen LogP contribution in [-0.4, -0.2) is 15.1 Å². The smallest absolute Gasteiger partial charge is 0.160 e. The summed E-state index contributed by atoms with van der Waals surface area (Å²) >= 11 is 0. The van der Waals surface area contributed by atoms with Crippen LogP contribution in [0.25, 0.3) is 6.08 Å². The number of hydrogen-bond acceptors (Lipinski definition) is 3. The highest BCUT2D eigenvalue weighted by Gasteiger charge is 2.04. The van der Waals surface area contributed by atoms with E-state index in [1.165, 1.54) is 0 Å². The summed E-state index contributed by atoms with van der Waals surface area (Å²) in [5, 5.41) is 9.77. The normalized spacial score (nSPS) is 12.8. The van der Waals surface area contributed by atoms with Crippen molar-refractivity contribution in [3.05, 3.63) is 66.3 Å². The zero-order valence-electron chi connectivity index (χ0n) is 8.69. The summed E-state index contributed by atoms with van der Waals surface area (Å²) in [6, 6.07) is 11.5. The Morgan fingerprint density at radius 1 is 1.00 bits per heavy atom. The molecule has 1 aromatic carbocycles. The summed E-state index contributed by atoms with van der Waals surface area (Å²) < 4.78 is 0. The first-order valence-electron chi connectivity index (χ1n) is 5.04. The Hall–Kier alpha value is -2.00. The van der Waals surface area contributed by atoms with Gasteiger partial charge in [0.1, 0.15) is 6.10 Å². The molecule has 80 valence electrons. The van der Waals surface area contributed by atoms with Crippen LogP contribution in [-0.2, 0) is 0 Å². The molecule has 3 nitrogen and oxygen atoms in total. The number of hydrogen-bond donors (Lipinski definition) is 1. The molecule has 0 spiro atoms. The van der Waals surface area contributed by atoms with Crippen molar-refractivity contribution < 1.29 is 5.11 Å². The second kappa shape index (κ2) is 5.19. The molecule has 3 heteroatoms. The third-order valence-corrected chi connectivity index (χ3v) is 2.12. The Morgan fingerprint density at radius 2 is 1.69 bits per heavy atom. The van der Waals surface area contributed by atoms with Gasteiger partial charge in [0.2, 0.25) is 0 Å². The summed E-state index contributed by atoms with van der Waals surface area (Å²) in [4.78, 5) is 7.96. The maximum absolute atomic E-state index is 9.77. The van der Waals surface area contributed by atoms with E-state index in [2.05, 4.69) is 9.97 Å². The minimum Gasteiger partial charge on any atom is -0.381 e. The van der Waals surface area contributed by atoms with E-state index in [0.717, 1.165) is 5.56 Å². The lowest BCUT2D eigenvalue weighted by Crippen LogP contribution is -1.99. The lowest BCUT2D eigenvalue weighted by Gasteiger charge is -2.02. The van der Waals surface area contributed by atoms with Crippen molar-refractivity contribution in [3.63, 3.8) is 0 Å². The van der Waals surface area contributed by atoms with Crippen LogP contribution in [0, 0.1) is 0 Å². The molecular formula is C13H12N2O. The fourth-order valence-electron chi connectivity index (χ4n) is 1.32. The summed E-state index contributed by atoms with van der Waals surface area (Å²) in [6.07, 6.45) is 5.98. The van der Waals surface area contributed by atoms with Crippen molar-refractivity contribution in [2.75, 3.05) is 0 Å². The molecule has 0 radical (unpaired) electrons. The van der Waals surface area contributed by atoms with E-state index in [9.17, 15) is 5.11 Å². The van der Waals surface area contributed by atoms with E-state index in [4.69, 9.17) is 0 Å². The van der Waals surface area contributed by atoms with Crippen LogP contribution in [0.4, 0.5) is 0 Å². The topological polar surface area (TPSA) is 46.0 Å². The standard InChI is InChI=1S/C13H12N2O/c16-12(13-14-9-4-10-15-13)8-7-11-5-2-1-3-6-11/h1-10,12,16H/b8-7+. The van der Waals surface area contributed by atoms with Crippen molar-refractivity contribution in [2.45, 2.75) is 6.10 Å². The van der Waals surface area contributed by atoms with Gasteiger partial charge in [-0.3, -0.25) is 0 Å². The van der Waals surface area contributed by atoms with Crippen LogP contribution in [0.1, 0.15) is 17.5 Å². The zero-order valence-corrected chi connectivity index (χ0v) is 8.69. The van der Waals surface area contributed by atoms with Crippen molar-refractivity contribution in [3.8, 4) is 0 Å². The van der Waals surface area contributed by atoms with Crippen LogP contribution in [0.15, 0.2) is 54.9 Å². The number of nitrogens with zero attached hydrogens (tertiary/aromatic N) is 2. The van der Waals surface area contributed by atoms with Crippen LogP contribution in [0.3, 0.4) is 0 Å². The van der Waals surface area contributed by atoms with E-state index in [0.29, 0.717) is 5.82 Å². The van der Waals surface area contributed by atoms with Crippen molar-refractivity contribution in [1.29, 1.82) is 0 Å². The van der Waals surface area contributed by atoms with Gasteiger partial charge >= 0.3 is 0 Å². The summed E-state index contributed by atoms with van der Waals surface area (Å²) in [5.41, 5.74) is 1.04. The highest BCUT2D eigenvalue weighted by Crippen LogP contribution is 2.10. The Morgan fingerprint density at radius 3 is 2.38 bits per heavy atom. The van der Waals surface area contributed by atoms with Crippen LogP contribution >= 0.6 is 0 Å². The third kappa shape index (κ3) is 2.74. The minimum atomic E-state index is -0.763. The molecule has 1 heterocycles. The van der Waals surface area contributed by atoms with E-state index in [-0.39, 0.29) is 0 Å². The van der Waals surface area contributed by atoms with Crippen LogP contribution in [0.5, 0.6) is 0 Å². The van der Waals surface area contributed by atoms with Gasteiger partial charge in [-0.2, -0.15) is 0 Å². The Labute approximate surface area is 94.1 Å². The van der Waals surface area contributed by atoms with Gasteiger partial charge < -0.3 is 5.11 Å². The molecule has 0 saturated carbocycles. The van der Waals surface area contributed by atoms with Gasteiger partial charge in [0.15, 0.2) is 5.82 Å². The maximum atomic E-state index is 9.77. The van der Waals surface area contributed by atoms with Gasteiger partial charge in [-0.25, -0.2) is 9.97 Å². The minimum absolute atomic E-state index is 0.412. The fourth-order valence-corrected chi connectivity index (χ4v) is 1.32. The van der Waals surface area contributed by atoms with Gasteiger partial charge in [-0.05, 0) is 17.7 Å². The first kappa shape index (κ1) is 10.5. The Bertz CT molecular complexity index is 454. The predicted octanol–water partition coefficient (Wildman–Crippen LogP) is 2.22. The van der Waals surface area contributed by atoms with Gasteiger partial charge in [0.25, 0.3) is 0 Å². The molecule has 0 aliphatic carbocycles. The average molecular weight is 212 g/mol. The molecule has 0 saturated heterocycles. The van der Waals surface area contributed by atoms with Crippen molar-refractivity contribution in [1.82, 2.24) is 9.97 Å². The second-order valence-corrected chi connectivity index (χ2v) is 3.32. The highest BCUT2D eigenvalue weighted by atomic mass is 16.3. The quantitative estimate of drug-likeness (QED) is 0.848. The van der Waals surface area contributed by atoms with Gasteiger partial charge in [-0.15, -0.1) is 0 Å². The van der Waals surface area contributed by atoms with Crippen molar-refractivity contribution >= 4 is 6.08 Å². The molecule has 1 aromatic heterocycles. The molecule has 1 N–H and O–H groups in total. The van der Waals surface area contributed by atoms with E-state index in [1.54, 1.807) is 24.5 Å². The zero-order chi connectivity index (χ0) is 11.2. The highest BCUT2D eigenvalue weighted by molar-refractivity contribution is 5.49. The molecule has 16 heavy (non-hydrogen) atoms. The average Bonchev–Trinajstić information content (AvgIpc) is 2.38. The molecule has 0 fully saturated rings. The van der Waals surface area contributed by atoms with Crippen LogP contribution < -0.4 is 0 Å². The second-order valence-electron chi connectivity index (χ2n) is 3.32. The number of aliphatic hydroxyl groups is 1. The van der Waals surface area contributed by atoms with Gasteiger partial charge in [-0.1, -0.05) is 36.4 Å². The molecular weight excluding hydrogens is 200 g/mol. The third-order valence-electron chi connectivity index (χ3n) is 2.12. The fraction of sp³-hybridized carbons (Fsp3) is 0.0769. The molecule has 1 unspecified atom stereocenters. The van der Waals surface area contributed by atoms with E-state index >= 15 is 0 Å². The molecule has 1 atom stereocenters.